The first-order chi connectivity index (χ1) is 9.89. The van der Waals surface area contributed by atoms with Gasteiger partial charge in [-0.25, -0.2) is 0 Å². The first-order valence-electron chi connectivity index (χ1n) is 6.61. The van der Waals surface area contributed by atoms with Crippen LogP contribution in [-0.2, 0) is 0 Å². The third-order valence-electron chi connectivity index (χ3n) is 3.18. The topological polar surface area (TPSA) is 35.2 Å². The number of hydrogen-bond donors (Lipinski definition) is 1. The molecule has 2 aromatic rings. The van der Waals surface area contributed by atoms with Gasteiger partial charge in [-0.1, -0.05) is 37.3 Å². The largest absolute Gasteiger partial charge is 0.573 e. The summed E-state index contributed by atoms with van der Waals surface area (Å²) in [6.07, 6.45) is -3.85. The van der Waals surface area contributed by atoms with Gasteiger partial charge in [0.25, 0.3) is 0 Å². The summed E-state index contributed by atoms with van der Waals surface area (Å²) in [5.41, 5.74) is 8.72. The quantitative estimate of drug-likeness (QED) is 0.890. The average Bonchev–Trinajstić information content (AvgIpc) is 2.45. The Kier molecular flexibility index (Phi) is 4.53. The highest BCUT2D eigenvalue weighted by molar-refractivity contribution is 5.65. The fourth-order valence-corrected chi connectivity index (χ4v) is 2.03. The van der Waals surface area contributed by atoms with E-state index >= 15 is 0 Å². The molecule has 2 N–H and O–H groups in total. The van der Waals surface area contributed by atoms with E-state index in [0.717, 1.165) is 23.1 Å². The predicted molar refractivity (Wildman–Crippen MR) is 75.8 cm³/mol. The maximum Gasteiger partial charge on any atom is 0.573 e. The van der Waals surface area contributed by atoms with Crippen molar-refractivity contribution in [2.45, 2.75) is 25.7 Å². The summed E-state index contributed by atoms with van der Waals surface area (Å²) in [5.74, 6) is -0.229. The number of rotatable bonds is 4. The number of hydrogen-bond acceptors (Lipinski definition) is 2. The molecule has 2 aromatic carbocycles. The van der Waals surface area contributed by atoms with Gasteiger partial charge in [-0.15, -0.1) is 13.2 Å². The van der Waals surface area contributed by atoms with Gasteiger partial charge in [-0.2, -0.15) is 0 Å². The van der Waals surface area contributed by atoms with Gasteiger partial charge in [0, 0.05) is 6.04 Å². The van der Waals surface area contributed by atoms with Crippen LogP contribution in [0.1, 0.15) is 24.9 Å². The minimum atomic E-state index is -4.67. The minimum absolute atomic E-state index is 0.0437. The lowest BCUT2D eigenvalue weighted by atomic mass is 9.99. The summed E-state index contributed by atoms with van der Waals surface area (Å²) in [5, 5.41) is 0. The maximum atomic E-state index is 12.1. The van der Waals surface area contributed by atoms with Crippen molar-refractivity contribution in [3.8, 4) is 16.9 Å². The third-order valence-corrected chi connectivity index (χ3v) is 3.18. The molecule has 0 fully saturated rings. The van der Waals surface area contributed by atoms with Crippen molar-refractivity contribution in [1.29, 1.82) is 0 Å². The van der Waals surface area contributed by atoms with Crippen LogP contribution in [-0.4, -0.2) is 6.36 Å². The van der Waals surface area contributed by atoms with Crippen LogP contribution in [0.2, 0.25) is 0 Å². The highest BCUT2D eigenvalue weighted by atomic mass is 19.4. The third kappa shape index (κ3) is 4.23. The van der Waals surface area contributed by atoms with E-state index in [-0.39, 0.29) is 11.8 Å². The highest BCUT2D eigenvalue weighted by Crippen LogP contribution is 2.28. The van der Waals surface area contributed by atoms with E-state index in [9.17, 15) is 13.2 Å². The molecule has 2 rings (SSSR count). The molecule has 1 atom stereocenters. The fraction of sp³-hybridized carbons (Fsp3) is 0.250. The monoisotopic (exact) mass is 295 g/mol. The number of ether oxygens (including phenoxy) is 1. The molecule has 2 nitrogen and oxygen atoms in total. The molecule has 0 amide bonds. The van der Waals surface area contributed by atoms with Crippen LogP contribution in [0.25, 0.3) is 11.1 Å². The zero-order chi connectivity index (χ0) is 15.5. The smallest absolute Gasteiger partial charge is 0.406 e. The van der Waals surface area contributed by atoms with Gasteiger partial charge in [0.1, 0.15) is 5.75 Å². The molecule has 112 valence electrons. The Morgan fingerprint density at radius 3 is 2.29 bits per heavy atom. The Bertz CT molecular complexity index is 593. The summed E-state index contributed by atoms with van der Waals surface area (Å²) in [4.78, 5) is 0. The second-order valence-electron chi connectivity index (χ2n) is 4.71. The van der Waals surface area contributed by atoms with Crippen LogP contribution >= 0.6 is 0 Å². The second kappa shape index (κ2) is 6.18. The van der Waals surface area contributed by atoms with Crippen LogP contribution in [0.4, 0.5) is 13.2 Å². The SMILES string of the molecule is CCC(N)c1cccc(-c2ccc(OC(F)(F)F)cc2)c1. The lowest BCUT2D eigenvalue weighted by Gasteiger charge is -2.12. The summed E-state index contributed by atoms with van der Waals surface area (Å²) in [6, 6.07) is 13.4. The Hall–Kier alpha value is -2.01. The molecule has 0 heterocycles. The predicted octanol–water partition coefficient (Wildman–Crippen LogP) is 4.66. The van der Waals surface area contributed by atoms with Crippen LogP contribution in [0.5, 0.6) is 5.75 Å². The van der Waals surface area contributed by atoms with E-state index in [1.165, 1.54) is 12.1 Å². The van der Waals surface area contributed by atoms with Crippen LogP contribution in [0, 0.1) is 0 Å². The lowest BCUT2D eigenvalue weighted by Crippen LogP contribution is -2.16. The molecule has 0 aliphatic heterocycles. The van der Waals surface area contributed by atoms with E-state index in [0.29, 0.717) is 0 Å². The molecule has 0 radical (unpaired) electrons. The Balaban J connectivity index is 2.23. The van der Waals surface area contributed by atoms with Gasteiger partial charge in [0.05, 0.1) is 0 Å². The molecular weight excluding hydrogens is 279 g/mol. The molecule has 0 bridgehead atoms. The van der Waals surface area contributed by atoms with Crippen molar-refractivity contribution in [2.24, 2.45) is 5.73 Å². The number of benzene rings is 2. The van der Waals surface area contributed by atoms with Crippen LogP contribution in [0.15, 0.2) is 48.5 Å². The zero-order valence-electron chi connectivity index (χ0n) is 11.5. The standard InChI is InChI=1S/C16H16F3NO/c1-2-15(20)13-5-3-4-12(10-13)11-6-8-14(9-7-11)21-16(17,18)19/h3-10,15H,2,20H2,1H3. The maximum absolute atomic E-state index is 12.1. The van der Waals surface area contributed by atoms with Crippen molar-refractivity contribution < 1.29 is 17.9 Å². The number of alkyl halides is 3. The highest BCUT2D eigenvalue weighted by Gasteiger charge is 2.30. The summed E-state index contributed by atoms with van der Waals surface area (Å²) in [7, 11) is 0. The van der Waals surface area contributed by atoms with E-state index in [1.807, 2.05) is 31.2 Å². The van der Waals surface area contributed by atoms with Crippen molar-refractivity contribution in [3.05, 3.63) is 54.1 Å². The molecule has 0 saturated carbocycles. The second-order valence-corrected chi connectivity index (χ2v) is 4.71. The summed E-state index contributed by atoms with van der Waals surface area (Å²) < 4.78 is 40.2. The molecule has 5 heteroatoms. The summed E-state index contributed by atoms with van der Waals surface area (Å²) in [6.45, 7) is 2.00. The molecule has 0 saturated heterocycles. The fourth-order valence-electron chi connectivity index (χ4n) is 2.03. The van der Waals surface area contributed by atoms with Gasteiger partial charge >= 0.3 is 6.36 Å². The van der Waals surface area contributed by atoms with Gasteiger partial charge in [-0.3, -0.25) is 0 Å². The summed E-state index contributed by atoms with van der Waals surface area (Å²) >= 11 is 0. The molecule has 21 heavy (non-hydrogen) atoms. The number of nitrogens with two attached hydrogens (primary N) is 1. The van der Waals surface area contributed by atoms with Crippen molar-refractivity contribution in [2.75, 3.05) is 0 Å². The first kappa shape index (κ1) is 15.4. The van der Waals surface area contributed by atoms with Crippen molar-refractivity contribution in [1.82, 2.24) is 0 Å². The molecule has 0 aliphatic rings. The van der Waals surface area contributed by atoms with Crippen molar-refractivity contribution >= 4 is 0 Å². The van der Waals surface area contributed by atoms with Crippen molar-refractivity contribution in [3.63, 3.8) is 0 Å². The molecule has 1 unspecified atom stereocenters. The van der Waals surface area contributed by atoms with E-state index in [4.69, 9.17) is 5.73 Å². The Labute approximate surface area is 121 Å². The molecule has 0 aliphatic carbocycles. The minimum Gasteiger partial charge on any atom is -0.406 e. The molecule has 0 spiro atoms. The normalized spacial score (nSPS) is 13.0. The Morgan fingerprint density at radius 2 is 1.71 bits per heavy atom. The molecular formula is C16H16F3NO. The molecule has 0 aromatic heterocycles. The van der Waals surface area contributed by atoms with Gasteiger partial charge in [-0.05, 0) is 41.3 Å². The van der Waals surface area contributed by atoms with Crippen LogP contribution < -0.4 is 10.5 Å². The van der Waals surface area contributed by atoms with Gasteiger partial charge in [0.15, 0.2) is 0 Å². The Morgan fingerprint density at radius 1 is 1.05 bits per heavy atom. The lowest BCUT2D eigenvalue weighted by molar-refractivity contribution is -0.274. The van der Waals surface area contributed by atoms with Crippen LogP contribution in [0.3, 0.4) is 0 Å². The zero-order valence-corrected chi connectivity index (χ0v) is 11.5. The van der Waals surface area contributed by atoms with Gasteiger partial charge in [0.2, 0.25) is 0 Å². The van der Waals surface area contributed by atoms with E-state index in [1.54, 1.807) is 12.1 Å². The average molecular weight is 295 g/mol. The van der Waals surface area contributed by atoms with Gasteiger partial charge < -0.3 is 10.5 Å². The van der Waals surface area contributed by atoms with E-state index in [2.05, 4.69) is 4.74 Å². The first-order valence-corrected chi connectivity index (χ1v) is 6.61. The van der Waals surface area contributed by atoms with E-state index < -0.39 is 6.36 Å². The number of halogens is 3.